The average Bonchev–Trinajstić information content (AvgIpc) is 2.79. The van der Waals surface area contributed by atoms with Crippen LogP contribution in [0.5, 0.6) is 5.75 Å². The second kappa shape index (κ2) is 6.45. The molecule has 1 aromatic carbocycles. The van der Waals surface area contributed by atoms with Gasteiger partial charge in [0.25, 0.3) is 5.91 Å². The highest BCUT2D eigenvalue weighted by atomic mass is 16.5. The van der Waals surface area contributed by atoms with Crippen molar-refractivity contribution in [1.29, 1.82) is 5.26 Å². The summed E-state index contributed by atoms with van der Waals surface area (Å²) in [7, 11) is 0. The number of carbonyl (C=O) groups excluding carboxylic acids is 1. The van der Waals surface area contributed by atoms with Crippen molar-refractivity contribution in [2.75, 3.05) is 6.54 Å². The predicted octanol–water partition coefficient (Wildman–Crippen LogP) is 3.10. The Balaban J connectivity index is 2.02. The van der Waals surface area contributed by atoms with Gasteiger partial charge in [0.1, 0.15) is 11.5 Å². The van der Waals surface area contributed by atoms with Crippen molar-refractivity contribution < 1.29 is 9.53 Å². The summed E-state index contributed by atoms with van der Waals surface area (Å²) >= 11 is 0. The second-order valence-electron chi connectivity index (χ2n) is 5.80. The molecule has 1 heterocycles. The van der Waals surface area contributed by atoms with Gasteiger partial charge < -0.3 is 9.64 Å². The van der Waals surface area contributed by atoms with Crippen LogP contribution in [0.1, 0.15) is 32.8 Å². The van der Waals surface area contributed by atoms with E-state index in [1.165, 1.54) is 6.08 Å². The number of carbonyl (C=O) groups is 1. The second-order valence-corrected chi connectivity index (χ2v) is 5.80. The lowest BCUT2D eigenvalue weighted by molar-refractivity contribution is -0.126. The zero-order valence-electron chi connectivity index (χ0n) is 12.7. The van der Waals surface area contributed by atoms with Gasteiger partial charge in [-0.15, -0.1) is 0 Å². The average molecular weight is 284 g/mol. The summed E-state index contributed by atoms with van der Waals surface area (Å²) < 4.78 is 5.72. The fourth-order valence-corrected chi connectivity index (χ4v) is 2.54. The van der Waals surface area contributed by atoms with Crippen LogP contribution in [-0.4, -0.2) is 23.4 Å². The normalized spacial score (nSPS) is 15.9. The first-order chi connectivity index (χ1) is 9.99. The molecule has 4 heteroatoms. The largest absolute Gasteiger partial charge is 0.460 e. The summed E-state index contributed by atoms with van der Waals surface area (Å²) in [5.41, 5.74) is 0.544. The summed E-state index contributed by atoms with van der Waals surface area (Å²) in [5, 5.41) is 8.88. The van der Waals surface area contributed by atoms with Gasteiger partial charge in [-0.2, -0.15) is 5.26 Å². The molecule has 0 N–H and O–H groups in total. The van der Waals surface area contributed by atoms with Crippen LogP contribution >= 0.6 is 0 Å². The Bertz CT molecular complexity index is 599. The number of hydrogen-bond donors (Lipinski definition) is 0. The van der Waals surface area contributed by atoms with Gasteiger partial charge in [0.05, 0.1) is 18.2 Å². The van der Waals surface area contributed by atoms with E-state index in [1.807, 2.05) is 4.90 Å². The first-order valence-corrected chi connectivity index (χ1v) is 7.18. The third-order valence-electron chi connectivity index (χ3n) is 3.45. The summed E-state index contributed by atoms with van der Waals surface area (Å²) in [5.74, 6) is 1.76. The molecule has 0 fully saturated rings. The molecular formula is C17H20N2O2. The molecule has 0 unspecified atom stereocenters. The molecule has 110 valence electrons. The van der Waals surface area contributed by atoms with Crippen molar-refractivity contribution >= 4 is 5.91 Å². The third-order valence-corrected chi connectivity index (χ3v) is 3.45. The van der Waals surface area contributed by atoms with Crippen LogP contribution in [0.25, 0.3) is 0 Å². The Morgan fingerprint density at radius 1 is 1.38 bits per heavy atom. The number of rotatable bonds is 5. The van der Waals surface area contributed by atoms with Crippen molar-refractivity contribution in [2.24, 2.45) is 5.92 Å². The Labute approximate surface area is 125 Å². The highest BCUT2D eigenvalue weighted by Gasteiger charge is 2.27. The highest BCUT2D eigenvalue weighted by molar-refractivity contribution is 5.91. The zero-order chi connectivity index (χ0) is 15.4. The fourth-order valence-electron chi connectivity index (χ4n) is 2.54. The van der Waals surface area contributed by atoms with Crippen LogP contribution in [0.4, 0.5) is 0 Å². The van der Waals surface area contributed by atoms with Crippen molar-refractivity contribution in [1.82, 2.24) is 4.90 Å². The Kier molecular flexibility index (Phi) is 4.64. The molecule has 4 nitrogen and oxygen atoms in total. The van der Waals surface area contributed by atoms with Gasteiger partial charge in [-0.3, -0.25) is 4.79 Å². The summed E-state index contributed by atoms with van der Waals surface area (Å²) in [6.45, 7) is 6.85. The zero-order valence-corrected chi connectivity index (χ0v) is 12.7. The first kappa shape index (κ1) is 15.1. The molecule has 1 amide bonds. The van der Waals surface area contributed by atoms with Crippen molar-refractivity contribution in [3.8, 4) is 11.8 Å². The number of hydrogen-bond acceptors (Lipinski definition) is 3. The third kappa shape index (κ3) is 3.85. The molecule has 0 aliphatic carbocycles. The monoisotopic (exact) mass is 284 g/mol. The molecule has 1 aromatic rings. The van der Waals surface area contributed by atoms with Crippen LogP contribution < -0.4 is 4.74 Å². The lowest BCUT2D eigenvalue weighted by Gasteiger charge is -2.26. The SMILES string of the molecule is CC(C)C[C@H](C)N1CC(Oc2cccc(C#N)c2)=CC1=O. The van der Waals surface area contributed by atoms with E-state index in [0.29, 0.717) is 29.5 Å². The summed E-state index contributed by atoms with van der Waals surface area (Å²) in [6, 6.07) is 9.21. The topological polar surface area (TPSA) is 53.3 Å². The van der Waals surface area contributed by atoms with Crippen molar-refractivity contribution in [3.05, 3.63) is 41.7 Å². The maximum Gasteiger partial charge on any atom is 0.250 e. The van der Waals surface area contributed by atoms with E-state index in [2.05, 4.69) is 26.8 Å². The summed E-state index contributed by atoms with van der Waals surface area (Å²) in [4.78, 5) is 13.9. The molecule has 0 spiro atoms. The minimum atomic E-state index is -0.00501. The van der Waals surface area contributed by atoms with E-state index >= 15 is 0 Å². The lowest BCUT2D eigenvalue weighted by atomic mass is 10.0. The number of amides is 1. The molecular weight excluding hydrogens is 264 g/mol. The number of ether oxygens (including phenoxy) is 1. The molecule has 0 radical (unpaired) electrons. The van der Waals surface area contributed by atoms with Gasteiger partial charge in [0.15, 0.2) is 0 Å². The number of nitrogens with zero attached hydrogens (tertiary/aromatic N) is 2. The molecule has 0 saturated heterocycles. The Morgan fingerprint density at radius 3 is 2.81 bits per heavy atom. The molecule has 1 atom stereocenters. The van der Waals surface area contributed by atoms with Crippen LogP contribution in [0.15, 0.2) is 36.1 Å². The minimum Gasteiger partial charge on any atom is -0.460 e. The predicted molar refractivity (Wildman–Crippen MR) is 80.5 cm³/mol. The number of benzene rings is 1. The van der Waals surface area contributed by atoms with Gasteiger partial charge in [0, 0.05) is 12.1 Å². The molecule has 1 aliphatic rings. The maximum atomic E-state index is 12.0. The van der Waals surface area contributed by atoms with E-state index in [1.54, 1.807) is 24.3 Å². The number of nitriles is 1. The molecule has 2 rings (SSSR count). The van der Waals surface area contributed by atoms with Crippen molar-refractivity contribution in [3.63, 3.8) is 0 Å². The Hall–Kier alpha value is -2.28. The fraction of sp³-hybridized carbons (Fsp3) is 0.412. The first-order valence-electron chi connectivity index (χ1n) is 7.18. The standard InChI is InChI=1S/C17H20N2O2/c1-12(2)7-13(3)19-11-16(9-17(19)20)21-15-6-4-5-14(8-15)10-18/h4-6,8-9,12-13H,7,11H2,1-3H3/t13-/m0/s1. The highest BCUT2D eigenvalue weighted by Crippen LogP contribution is 2.22. The van der Waals surface area contributed by atoms with Gasteiger partial charge in [0.2, 0.25) is 0 Å². The van der Waals surface area contributed by atoms with Crippen LogP contribution in [-0.2, 0) is 4.79 Å². The van der Waals surface area contributed by atoms with Gasteiger partial charge in [-0.05, 0) is 37.5 Å². The minimum absolute atomic E-state index is 0.00501. The molecule has 0 saturated carbocycles. The molecule has 0 aromatic heterocycles. The summed E-state index contributed by atoms with van der Waals surface area (Å²) in [6.07, 6.45) is 2.51. The molecule has 0 bridgehead atoms. The Morgan fingerprint density at radius 2 is 2.14 bits per heavy atom. The van der Waals surface area contributed by atoms with Crippen LogP contribution in [0, 0.1) is 17.2 Å². The van der Waals surface area contributed by atoms with Gasteiger partial charge in [-0.1, -0.05) is 19.9 Å². The van der Waals surface area contributed by atoms with Crippen LogP contribution in [0.3, 0.4) is 0 Å². The van der Waals surface area contributed by atoms with E-state index < -0.39 is 0 Å². The smallest absolute Gasteiger partial charge is 0.250 e. The maximum absolute atomic E-state index is 12.0. The quantitative estimate of drug-likeness (QED) is 0.835. The molecule has 1 aliphatic heterocycles. The van der Waals surface area contributed by atoms with E-state index in [4.69, 9.17) is 10.00 Å². The van der Waals surface area contributed by atoms with E-state index in [-0.39, 0.29) is 11.9 Å². The molecule has 21 heavy (non-hydrogen) atoms. The van der Waals surface area contributed by atoms with Crippen molar-refractivity contribution in [2.45, 2.75) is 33.2 Å². The van der Waals surface area contributed by atoms with Gasteiger partial charge in [-0.25, -0.2) is 0 Å². The van der Waals surface area contributed by atoms with E-state index in [9.17, 15) is 4.79 Å². The van der Waals surface area contributed by atoms with Gasteiger partial charge >= 0.3 is 0 Å². The van der Waals surface area contributed by atoms with Crippen LogP contribution in [0.2, 0.25) is 0 Å². The van der Waals surface area contributed by atoms with E-state index in [0.717, 1.165) is 6.42 Å². The lowest BCUT2D eigenvalue weighted by Crippen LogP contribution is -2.36.